The maximum absolute atomic E-state index is 5.44. The third-order valence-corrected chi connectivity index (χ3v) is 5.22. The quantitative estimate of drug-likeness (QED) is 0.620. The highest BCUT2D eigenvalue weighted by Gasteiger charge is 2.28. The van der Waals surface area contributed by atoms with E-state index in [4.69, 9.17) is 6.42 Å². The zero-order valence-electron chi connectivity index (χ0n) is 13.8. The van der Waals surface area contributed by atoms with Crippen molar-refractivity contribution in [3.63, 3.8) is 0 Å². The monoisotopic (exact) mass is 309 g/mol. The molecule has 1 aliphatic carbocycles. The number of hydrogen-bond donors (Lipinski definition) is 0. The van der Waals surface area contributed by atoms with Crippen molar-refractivity contribution in [3.8, 4) is 23.5 Å². The molecule has 0 amide bonds. The summed E-state index contributed by atoms with van der Waals surface area (Å²) in [5.41, 5.74) is 8.29. The fourth-order valence-electron chi connectivity index (χ4n) is 3.30. The van der Waals surface area contributed by atoms with Crippen LogP contribution in [-0.4, -0.2) is 23.3 Å². The highest BCUT2D eigenvalue weighted by molar-refractivity contribution is 8.31. The van der Waals surface area contributed by atoms with Crippen molar-refractivity contribution in [2.75, 3.05) is 18.8 Å². The zero-order valence-corrected chi connectivity index (χ0v) is 14.6. The lowest BCUT2D eigenvalue weighted by Crippen LogP contribution is -2.10. The van der Waals surface area contributed by atoms with Gasteiger partial charge in [0.2, 0.25) is 0 Å². The Morgan fingerprint density at radius 2 is 2.00 bits per heavy atom. The number of hydrogen-bond acceptors (Lipinski definition) is 0. The average molecular weight is 309 g/mol. The maximum Gasteiger partial charge on any atom is 0.0524 e. The first-order valence-corrected chi connectivity index (χ1v) is 10.5. The minimum Gasteiger partial charge on any atom is -0.339 e. The van der Waals surface area contributed by atoms with Crippen molar-refractivity contribution >= 4 is 16.1 Å². The minimum absolute atomic E-state index is 0.617. The van der Waals surface area contributed by atoms with Crippen LogP contribution >= 0.6 is 10.0 Å². The summed E-state index contributed by atoms with van der Waals surface area (Å²) in [5.74, 6) is 3.74. The van der Waals surface area contributed by atoms with Crippen LogP contribution in [0.5, 0.6) is 0 Å². The van der Waals surface area contributed by atoms with Crippen LogP contribution in [-0.2, 0) is 12.3 Å². The summed E-state index contributed by atoms with van der Waals surface area (Å²) in [5, 5.41) is 0. The van der Waals surface area contributed by atoms with Gasteiger partial charge in [-0.3, -0.25) is 0 Å². The molecule has 1 nitrogen and oxygen atoms in total. The molecule has 1 aliphatic rings. The number of nitrogens with zero attached hydrogens (tertiary/aromatic N) is 1. The predicted molar refractivity (Wildman–Crippen MR) is 101 cm³/mol. The average Bonchev–Trinajstić information content (AvgIpc) is 2.93. The van der Waals surface area contributed by atoms with Gasteiger partial charge in [-0.2, -0.15) is 0 Å². The Kier molecular flexibility index (Phi) is 3.70. The second-order valence-electron chi connectivity index (χ2n) is 6.80. The zero-order chi connectivity index (χ0) is 15.9. The Hall–Kier alpha value is -1.85. The summed E-state index contributed by atoms with van der Waals surface area (Å²) in [4.78, 5) is 0. The fraction of sp³-hybridized carbons (Fsp3) is 0.300. The topological polar surface area (TPSA) is 4.93 Å². The summed E-state index contributed by atoms with van der Waals surface area (Å²) in [7, 11) is -0.617. The van der Waals surface area contributed by atoms with Gasteiger partial charge < -0.3 is 4.57 Å². The lowest BCUT2D eigenvalue weighted by molar-refractivity contribution is 0.802. The van der Waals surface area contributed by atoms with Crippen LogP contribution in [0.2, 0.25) is 0 Å². The molecule has 0 spiro atoms. The molecular formula is C20H23NS. The van der Waals surface area contributed by atoms with Gasteiger partial charge in [0.25, 0.3) is 0 Å². The van der Waals surface area contributed by atoms with Gasteiger partial charge in [0.05, 0.1) is 5.88 Å². The number of allylic oxidation sites excluding steroid dienone is 1. The van der Waals surface area contributed by atoms with E-state index in [0.717, 1.165) is 12.3 Å². The summed E-state index contributed by atoms with van der Waals surface area (Å²) in [6, 6.07) is 8.74. The third-order valence-electron chi connectivity index (χ3n) is 4.19. The SMILES string of the molecule is C#C/C=C\c1c2c(n(CS(C)(C)C)c1C)Cc1ccccc1-2. The smallest absolute Gasteiger partial charge is 0.0524 e. The van der Waals surface area contributed by atoms with E-state index >= 15 is 0 Å². The van der Waals surface area contributed by atoms with E-state index in [9.17, 15) is 0 Å². The molecule has 2 aromatic rings. The second kappa shape index (κ2) is 5.41. The van der Waals surface area contributed by atoms with E-state index in [2.05, 4.69) is 66.5 Å². The predicted octanol–water partition coefficient (Wildman–Crippen LogP) is 4.67. The van der Waals surface area contributed by atoms with Crippen LogP contribution in [0.3, 0.4) is 0 Å². The first-order valence-electron chi connectivity index (χ1n) is 7.51. The molecule has 0 bridgehead atoms. The van der Waals surface area contributed by atoms with Crippen molar-refractivity contribution in [2.45, 2.75) is 19.2 Å². The molecule has 22 heavy (non-hydrogen) atoms. The normalized spacial score (nSPS) is 14.0. The Balaban J connectivity index is 2.23. The minimum atomic E-state index is -0.617. The molecule has 1 aromatic carbocycles. The van der Waals surface area contributed by atoms with Gasteiger partial charge in [-0.15, -0.1) is 6.42 Å². The Morgan fingerprint density at radius 3 is 2.68 bits per heavy atom. The molecule has 0 saturated heterocycles. The summed E-state index contributed by atoms with van der Waals surface area (Å²) in [6.45, 7) is 2.22. The van der Waals surface area contributed by atoms with Crippen molar-refractivity contribution in [1.82, 2.24) is 4.57 Å². The lowest BCUT2D eigenvalue weighted by atomic mass is 10.0. The van der Waals surface area contributed by atoms with Crippen LogP contribution in [0.15, 0.2) is 30.3 Å². The Bertz CT molecular complexity index is 794. The Labute approximate surface area is 135 Å². The number of fused-ring (bicyclic) bond motifs is 3. The first-order chi connectivity index (χ1) is 10.4. The lowest BCUT2D eigenvalue weighted by Gasteiger charge is -2.28. The van der Waals surface area contributed by atoms with E-state index in [1.807, 2.05) is 6.08 Å². The number of terminal acetylenes is 1. The molecule has 0 N–H and O–H groups in total. The van der Waals surface area contributed by atoms with Gasteiger partial charge in [0, 0.05) is 28.9 Å². The largest absolute Gasteiger partial charge is 0.339 e. The van der Waals surface area contributed by atoms with E-state index in [-0.39, 0.29) is 0 Å². The summed E-state index contributed by atoms with van der Waals surface area (Å²) in [6.07, 6.45) is 17.5. The van der Waals surface area contributed by atoms with Gasteiger partial charge in [0.1, 0.15) is 0 Å². The molecule has 0 radical (unpaired) electrons. The second-order valence-corrected chi connectivity index (χ2v) is 11.2. The molecule has 0 fully saturated rings. The van der Waals surface area contributed by atoms with Gasteiger partial charge >= 0.3 is 0 Å². The molecule has 1 heterocycles. The molecular weight excluding hydrogens is 286 g/mol. The van der Waals surface area contributed by atoms with Crippen LogP contribution in [0.1, 0.15) is 22.5 Å². The van der Waals surface area contributed by atoms with Crippen LogP contribution in [0.4, 0.5) is 0 Å². The molecule has 2 heteroatoms. The molecule has 0 saturated carbocycles. The highest BCUT2D eigenvalue weighted by atomic mass is 32.3. The fourth-order valence-corrected chi connectivity index (χ4v) is 4.42. The molecule has 0 atom stereocenters. The van der Waals surface area contributed by atoms with Gasteiger partial charge in [-0.05, 0) is 49.0 Å². The highest BCUT2D eigenvalue weighted by Crippen LogP contribution is 2.46. The molecule has 114 valence electrons. The number of benzene rings is 1. The van der Waals surface area contributed by atoms with Gasteiger partial charge in [-0.25, -0.2) is 10.0 Å². The molecule has 1 aromatic heterocycles. The van der Waals surface area contributed by atoms with Gasteiger partial charge in [0.15, 0.2) is 0 Å². The van der Waals surface area contributed by atoms with E-state index in [0.29, 0.717) is 0 Å². The third kappa shape index (κ3) is 2.51. The summed E-state index contributed by atoms with van der Waals surface area (Å²) >= 11 is 0. The van der Waals surface area contributed by atoms with E-state index in [1.54, 1.807) is 0 Å². The van der Waals surface area contributed by atoms with Crippen LogP contribution in [0.25, 0.3) is 17.2 Å². The molecule has 0 unspecified atom stereocenters. The van der Waals surface area contributed by atoms with Gasteiger partial charge in [-0.1, -0.05) is 30.2 Å². The van der Waals surface area contributed by atoms with Crippen LogP contribution in [0, 0.1) is 19.3 Å². The first kappa shape index (κ1) is 15.1. The van der Waals surface area contributed by atoms with Crippen molar-refractivity contribution in [2.24, 2.45) is 0 Å². The summed E-state index contributed by atoms with van der Waals surface area (Å²) < 4.78 is 2.53. The number of rotatable bonds is 3. The van der Waals surface area contributed by atoms with Crippen molar-refractivity contribution in [1.29, 1.82) is 0 Å². The molecule has 0 aliphatic heterocycles. The maximum atomic E-state index is 5.44. The van der Waals surface area contributed by atoms with Crippen LogP contribution < -0.4 is 0 Å². The van der Waals surface area contributed by atoms with E-state index < -0.39 is 10.0 Å². The van der Waals surface area contributed by atoms with Crippen molar-refractivity contribution in [3.05, 3.63) is 52.9 Å². The van der Waals surface area contributed by atoms with Crippen molar-refractivity contribution < 1.29 is 0 Å². The Morgan fingerprint density at radius 1 is 1.27 bits per heavy atom. The number of aromatic nitrogens is 1. The standard InChI is InChI=1S/C20H23NS/c1-6-7-11-17-15(2)21(14-22(3,4)5)19-13-16-10-8-9-12-18(16)20(17)19/h1,7-12H,13-14H2,2-5H3/b11-7-. The van der Waals surface area contributed by atoms with E-state index in [1.165, 1.54) is 33.6 Å². The molecule has 3 rings (SSSR count).